The predicted molar refractivity (Wildman–Crippen MR) is 58.4 cm³/mol. The first-order valence-corrected chi connectivity index (χ1v) is 5.16. The van der Waals surface area contributed by atoms with Crippen molar-refractivity contribution in [2.24, 2.45) is 0 Å². The molecule has 1 aromatic heterocycles. The van der Waals surface area contributed by atoms with Gasteiger partial charge in [0.1, 0.15) is 11.9 Å². The molecule has 1 unspecified atom stereocenters. The summed E-state index contributed by atoms with van der Waals surface area (Å²) in [7, 11) is 0. The van der Waals surface area contributed by atoms with Crippen LogP contribution < -0.4 is 0 Å². The standard InChI is InChI=1S/C12H13FN2O/c1-2-15-8-10(7-14-15)12(16)9-3-5-11(13)6-4-9/h3-8,12,16H,2H2,1H3. The maximum atomic E-state index is 12.7. The van der Waals surface area contributed by atoms with Gasteiger partial charge in [-0.15, -0.1) is 0 Å². The topological polar surface area (TPSA) is 38.0 Å². The van der Waals surface area contributed by atoms with Gasteiger partial charge in [0.2, 0.25) is 0 Å². The molecule has 0 aliphatic rings. The van der Waals surface area contributed by atoms with E-state index in [1.807, 2.05) is 6.92 Å². The highest BCUT2D eigenvalue weighted by Crippen LogP contribution is 2.21. The minimum atomic E-state index is -0.749. The molecule has 0 saturated carbocycles. The van der Waals surface area contributed by atoms with Crippen molar-refractivity contribution in [1.82, 2.24) is 9.78 Å². The largest absolute Gasteiger partial charge is 0.384 e. The fourth-order valence-corrected chi connectivity index (χ4v) is 1.53. The third kappa shape index (κ3) is 2.12. The van der Waals surface area contributed by atoms with Gasteiger partial charge in [0, 0.05) is 18.3 Å². The number of aromatic nitrogens is 2. The van der Waals surface area contributed by atoms with Crippen molar-refractivity contribution in [3.8, 4) is 0 Å². The lowest BCUT2D eigenvalue weighted by Gasteiger charge is -2.08. The number of halogens is 1. The zero-order chi connectivity index (χ0) is 11.5. The van der Waals surface area contributed by atoms with Crippen LogP contribution in [0.4, 0.5) is 4.39 Å². The summed E-state index contributed by atoms with van der Waals surface area (Å²) < 4.78 is 14.5. The highest BCUT2D eigenvalue weighted by molar-refractivity contribution is 5.27. The van der Waals surface area contributed by atoms with Crippen molar-refractivity contribution in [3.05, 3.63) is 53.6 Å². The summed E-state index contributed by atoms with van der Waals surface area (Å²) in [6.45, 7) is 2.73. The fourth-order valence-electron chi connectivity index (χ4n) is 1.53. The quantitative estimate of drug-likeness (QED) is 0.860. The van der Waals surface area contributed by atoms with E-state index in [4.69, 9.17) is 0 Å². The van der Waals surface area contributed by atoms with Gasteiger partial charge in [0.25, 0.3) is 0 Å². The number of rotatable bonds is 3. The van der Waals surface area contributed by atoms with E-state index < -0.39 is 6.10 Å². The average molecular weight is 220 g/mol. The molecule has 0 bridgehead atoms. The lowest BCUT2D eigenvalue weighted by atomic mass is 10.1. The smallest absolute Gasteiger partial charge is 0.123 e. The SMILES string of the molecule is CCn1cc(C(O)c2ccc(F)cc2)cn1. The highest BCUT2D eigenvalue weighted by atomic mass is 19.1. The van der Waals surface area contributed by atoms with Crippen LogP contribution in [-0.4, -0.2) is 14.9 Å². The number of hydrogen-bond acceptors (Lipinski definition) is 2. The summed E-state index contributed by atoms with van der Waals surface area (Å²) in [6, 6.07) is 5.82. The lowest BCUT2D eigenvalue weighted by molar-refractivity contribution is 0.220. The summed E-state index contributed by atoms with van der Waals surface area (Å²) in [4.78, 5) is 0. The molecule has 0 aliphatic heterocycles. The average Bonchev–Trinajstić information content (AvgIpc) is 2.77. The van der Waals surface area contributed by atoms with Crippen LogP contribution in [0.2, 0.25) is 0 Å². The molecule has 1 aromatic carbocycles. The molecular weight excluding hydrogens is 207 g/mol. The van der Waals surface area contributed by atoms with Crippen molar-refractivity contribution in [3.63, 3.8) is 0 Å². The molecule has 3 nitrogen and oxygen atoms in total. The van der Waals surface area contributed by atoms with Gasteiger partial charge in [0.15, 0.2) is 0 Å². The summed E-state index contributed by atoms with van der Waals surface area (Å²) in [5.74, 6) is -0.305. The molecule has 0 spiro atoms. The Morgan fingerprint density at radius 3 is 2.56 bits per heavy atom. The Hall–Kier alpha value is -1.68. The predicted octanol–water partition coefficient (Wildman–Crippen LogP) is 2.12. The van der Waals surface area contributed by atoms with Crippen LogP contribution in [0.3, 0.4) is 0 Å². The normalized spacial score (nSPS) is 12.7. The molecule has 2 aromatic rings. The van der Waals surface area contributed by atoms with Crippen molar-refractivity contribution in [1.29, 1.82) is 0 Å². The molecule has 1 N–H and O–H groups in total. The van der Waals surface area contributed by atoms with E-state index in [1.165, 1.54) is 12.1 Å². The number of nitrogens with zero attached hydrogens (tertiary/aromatic N) is 2. The van der Waals surface area contributed by atoms with Gasteiger partial charge in [-0.2, -0.15) is 5.10 Å². The van der Waals surface area contributed by atoms with Gasteiger partial charge in [-0.25, -0.2) is 4.39 Å². The molecule has 0 aliphatic carbocycles. The zero-order valence-corrected chi connectivity index (χ0v) is 8.97. The molecule has 4 heteroatoms. The van der Waals surface area contributed by atoms with Crippen molar-refractivity contribution in [2.75, 3.05) is 0 Å². The molecule has 84 valence electrons. The Balaban J connectivity index is 2.24. The second-order valence-corrected chi connectivity index (χ2v) is 3.58. The number of benzene rings is 1. The molecule has 16 heavy (non-hydrogen) atoms. The summed E-state index contributed by atoms with van der Waals surface area (Å²) in [5, 5.41) is 14.1. The van der Waals surface area contributed by atoms with Crippen molar-refractivity contribution in [2.45, 2.75) is 19.6 Å². The van der Waals surface area contributed by atoms with Gasteiger partial charge < -0.3 is 5.11 Å². The number of aryl methyl sites for hydroxylation is 1. The van der Waals surface area contributed by atoms with Crippen LogP contribution in [0.15, 0.2) is 36.7 Å². The van der Waals surface area contributed by atoms with Crippen LogP contribution in [0.25, 0.3) is 0 Å². The van der Waals surface area contributed by atoms with E-state index in [0.29, 0.717) is 11.1 Å². The molecule has 0 fully saturated rings. The van der Waals surface area contributed by atoms with E-state index in [1.54, 1.807) is 29.2 Å². The first-order valence-electron chi connectivity index (χ1n) is 5.16. The Kier molecular flexibility index (Phi) is 3.01. The maximum absolute atomic E-state index is 12.7. The molecule has 1 atom stereocenters. The molecule has 1 heterocycles. The van der Waals surface area contributed by atoms with Crippen LogP contribution in [0, 0.1) is 5.82 Å². The Bertz CT molecular complexity index is 464. The highest BCUT2D eigenvalue weighted by Gasteiger charge is 2.12. The maximum Gasteiger partial charge on any atom is 0.123 e. The second-order valence-electron chi connectivity index (χ2n) is 3.58. The third-order valence-corrected chi connectivity index (χ3v) is 2.48. The monoisotopic (exact) mass is 220 g/mol. The molecule has 0 radical (unpaired) electrons. The van der Waals surface area contributed by atoms with E-state index in [-0.39, 0.29) is 5.82 Å². The molecule has 0 amide bonds. The van der Waals surface area contributed by atoms with Crippen LogP contribution in [0.1, 0.15) is 24.2 Å². The second kappa shape index (κ2) is 4.45. The van der Waals surface area contributed by atoms with Gasteiger partial charge in [-0.3, -0.25) is 4.68 Å². The summed E-state index contributed by atoms with van der Waals surface area (Å²) in [6.07, 6.45) is 2.66. The third-order valence-electron chi connectivity index (χ3n) is 2.48. The minimum absolute atomic E-state index is 0.305. The van der Waals surface area contributed by atoms with Crippen LogP contribution >= 0.6 is 0 Å². The first-order chi connectivity index (χ1) is 7.70. The molecule has 0 saturated heterocycles. The fraction of sp³-hybridized carbons (Fsp3) is 0.250. The lowest BCUT2D eigenvalue weighted by Crippen LogP contribution is -1.98. The first kappa shape index (κ1) is 10.8. The number of hydrogen-bond donors (Lipinski definition) is 1. The van der Waals surface area contributed by atoms with Crippen LogP contribution in [-0.2, 0) is 6.54 Å². The summed E-state index contributed by atoms with van der Waals surface area (Å²) in [5.41, 5.74) is 1.38. The minimum Gasteiger partial charge on any atom is -0.384 e. The van der Waals surface area contributed by atoms with E-state index >= 15 is 0 Å². The van der Waals surface area contributed by atoms with Gasteiger partial charge in [0.05, 0.1) is 6.20 Å². The van der Waals surface area contributed by atoms with Gasteiger partial charge in [-0.05, 0) is 24.6 Å². The summed E-state index contributed by atoms with van der Waals surface area (Å²) >= 11 is 0. The van der Waals surface area contributed by atoms with Gasteiger partial charge >= 0.3 is 0 Å². The number of aliphatic hydroxyl groups is 1. The molecular formula is C12H13FN2O. The Morgan fingerprint density at radius 2 is 2.00 bits per heavy atom. The van der Waals surface area contributed by atoms with E-state index in [9.17, 15) is 9.50 Å². The zero-order valence-electron chi connectivity index (χ0n) is 8.97. The Labute approximate surface area is 93.2 Å². The van der Waals surface area contributed by atoms with Crippen molar-refractivity contribution < 1.29 is 9.50 Å². The van der Waals surface area contributed by atoms with Gasteiger partial charge in [-0.1, -0.05) is 12.1 Å². The van der Waals surface area contributed by atoms with E-state index in [0.717, 1.165) is 6.54 Å². The number of aliphatic hydroxyl groups excluding tert-OH is 1. The van der Waals surface area contributed by atoms with E-state index in [2.05, 4.69) is 5.10 Å². The van der Waals surface area contributed by atoms with Crippen LogP contribution in [0.5, 0.6) is 0 Å². The molecule has 2 rings (SSSR count). The van der Waals surface area contributed by atoms with Crippen molar-refractivity contribution >= 4 is 0 Å². The Morgan fingerprint density at radius 1 is 1.31 bits per heavy atom.